The molecule has 1 N–H and O–H groups in total. The fraction of sp³-hybridized carbons (Fsp3) is 0.273. The standard InChI is InChI=1S/C11H12ClN5O/c1-7-8(9(12)3-4-14-7)5-17-6-15-10(13-2)16-11(17)18/h3-4,6H,5H2,1-2H3,(H,13,16,18). The van der Waals surface area contributed by atoms with Crippen LogP contribution in [-0.2, 0) is 6.54 Å². The second kappa shape index (κ2) is 5.14. The van der Waals surface area contributed by atoms with Crippen LogP contribution >= 0.6 is 11.6 Å². The van der Waals surface area contributed by atoms with Crippen LogP contribution in [-0.4, -0.2) is 26.6 Å². The molecular weight excluding hydrogens is 254 g/mol. The highest BCUT2D eigenvalue weighted by Gasteiger charge is 2.08. The molecule has 2 aromatic heterocycles. The lowest BCUT2D eigenvalue weighted by Gasteiger charge is -2.09. The molecule has 2 rings (SSSR count). The Morgan fingerprint density at radius 1 is 1.44 bits per heavy atom. The van der Waals surface area contributed by atoms with Gasteiger partial charge in [0.2, 0.25) is 5.95 Å². The number of pyridine rings is 1. The molecule has 2 heterocycles. The van der Waals surface area contributed by atoms with Gasteiger partial charge in [-0.2, -0.15) is 4.98 Å². The van der Waals surface area contributed by atoms with E-state index in [2.05, 4.69) is 20.3 Å². The molecule has 0 aliphatic rings. The van der Waals surface area contributed by atoms with Crippen molar-refractivity contribution in [2.45, 2.75) is 13.5 Å². The number of aryl methyl sites for hydroxylation is 1. The molecule has 6 nitrogen and oxygen atoms in total. The molecule has 0 bridgehead atoms. The summed E-state index contributed by atoms with van der Waals surface area (Å²) in [6, 6.07) is 1.69. The molecule has 0 radical (unpaired) electrons. The van der Waals surface area contributed by atoms with E-state index < -0.39 is 0 Å². The van der Waals surface area contributed by atoms with Crippen molar-refractivity contribution < 1.29 is 0 Å². The molecule has 0 aromatic carbocycles. The fourth-order valence-corrected chi connectivity index (χ4v) is 1.77. The molecule has 18 heavy (non-hydrogen) atoms. The zero-order chi connectivity index (χ0) is 13.1. The Morgan fingerprint density at radius 3 is 2.83 bits per heavy atom. The highest BCUT2D eigenvalue weighted by atomic mass is 35.5. The van der Waals surface area contributed by atoms with Gasteiger partial charge in [-0.15, -0.1) is 0 Å². The van der Waals surface area contributed by atoms with Gasteiger partial charge in [0.1, 0.15) is 6.33 Å². The van der Waals surface area contributed by atoms with Crippen molar-refractivity contribution in [2.75, 3.05) is 12.4 Å². The third-order valence-electron chi connectivity index (χ3n) is 2.53. The predicted molar refractivity (Wildman–Crippen MR) is 68.9 cm³/mol. The molecule has 0 amide bonds. The lowest BCUT2D eigenvalue weighted by atomic mass is 10.2. The van der Waals surface area contributed by atoms with Crippen molar-refractivity contribution in [3.05, 3.63) is 45.4 Å². The number of aromatic nitrogens is 4. The molecule has 0 saturated carbocycles. The van der Waals surface area contributed by atoms with Gasteiger partial charge in [-0.3, -0.25) is 9.55 Å². The minimum absolute atomic E-state index is 0.297. The Hall–Kier alpha value is -1.95. The van der Waals surface area contributed by atoms with E-state index in [1.54, 1.807) is 19.3 Å². The van der Waals surface area contributed by atoms with E-state index in [1.807, 2.05) is 6.92 Å². The topological polar surface area (TPSA) is 72.7 Å². The third-order valence-corrected chi connectivity index (χ3v) is 2.89. The Bertz CT molecular complexity index is 605. The maximum absolute atomic E-state index is 11.7. The number of anilines is 1. The van der Waals surface area contributed by atoms with E-state index in [4.69, 9.17) is 11.6 Å². The van der Waals surface area contributed by atoms with Gasteiger partial charge in [-0.05, 0) is 13.0 Å². The number of rotatable bonds is 3. The first-order valence-electron chi connectivity index (χ1n) is 5.33. The monoisotopic (exact) mass is 265 g/mol. The van der Waals surface area contributed by atoms with E-state index in [1.165, 1.54) is 10.9 Å². The van der Waals surface area contributed by atoms with E-state index in [-0.39, 0.29) is 5.69 Å². The largest absolute Gasteiger partial charge is 0.357 e. The highest BCUT2D eigenvalue weighted by molar-refractivity contribution is 6.31. The molecular formula is C11H12ClN5O. The normalized spacial score (nSPS) is 10.4. The van der Waals surface area contributed by atoms with Gasteiger partial charge in [0.15, 0.2) is 0 Å². The molecule has 0 aliphatic carbocycles. The van der Waals surface area contributed by atoms with Crippen LogP contribution in [0, 0.1) is 6.92 Å². The van der Waals surface area contributed by atoms with Crippen LogP contribution in [0.2, 0.25) is 5.02 Å². The molecule has 0 aliphatic heterocycles. The summed E-state index contributed by atoms with van der Waals surface area (Å²) in [6.45, 7) is 2.15. The smallest absolute Gasteiger partial charge is 0.352 e. The summed E-state index contributed by atoms with van der Waals surface area (Å²) in [5, 5.41) is 3.28. The maximum Gasteiger partial charge on any atom is 0.352 e. The molecule has 7 heteroatoms. The van der Waals surface area contributed by atoms with Gasteiger partial charge < -0.3 is 5.32 Å². The number of hydrogen-bond acceptors (Lipinski definition) is 5. The van der Waals surface area contributed by atoms with Crippen LogP contribution in [0.25, 0.3) is 0 Å². The van der Waals surface area contributed by atoms with Crippen molar-refractivity contribution in [2.24, 2.45) is 0 Å². The number of nitrogens with zero attached hydrogens (tertiary/aromatic N) is 4. The summed E-state index contributed by atoms with van der Waals surface area (Å²) < 4.78 is 1.39. The molecule has 94 valence electrons. The summed E-state index contributed by atoms with van der Waals surface area (Å²) in [6.07, 6.45) is 3.06. The van der Waals surface area contributed by atoms with Crippen LogP contribution in [0.5, 0.6) is 0 Å². The Kier molecular flexibility index (Phi) is 3.57. The first-order chi connectivity index (χ1) is 8.61. The van der Waals surface area contributed by atoms with Crippen LogP contribution in [0.3, 0.4) is 0 Å². The minimum Gasteiger partial charge on any atom is -0.357 e. The summed E-state index contributed by atoms with van der Waals surface area (Å²) in [7, 11) is 1.65. The van der Waals surface area contributed by atoms with Crippen molar-refractivity contribution in [1.82, 2.24) is 19.5 Å². The Balaban J connectivity index is 2.38. The quantitative estimate of drug-likeness (QED) is 0.899. The second-order valence-corrected chi connectivity index (χ2v) is 4.10. The molecule has 0 atom stereocenters. The van der Waals surface area contributed by atoms with Gasteiger partial charge in [0, 0.05) is 29.5 Å². The molecule has 0 fully saturated rings. The summed E-state index contributed by atoms with van der Waals surface area (Å²) >= 11 is 6.08. The van der Waals surface area contributed by atoms with Crippen molar-refractivity contribution in [1.29, 1.82) is 0 Å². The van der Waals surface area contributed by atoms with Crippen molar-refractivity contribution >= 4 is 17.5 Å². The first kappa shape index (κ1) is 12.5. The Labute approximate surface area is 109 Å². The molecule has 0 saturated heterocycles. The lowest BCUT2D eigenvalue weighted by Crippen LogP contribution is -2.25. The zero-order valence-electron chi connectivity index (χ0n) is 10.0. The fourth-order valence-electron chi connectivity index (χ4n) is 1.51. The van der Waals surface area contributed by atoms with Crippen LogP contribution < -0.4 is 11.0 Å². The summed E-state index contributed by atoms with van der Waals surface area (Å²) in [4.78, 5) is 23.6. The van der Waals surface area contributed by atoms with Gasteiger partial charge in [0.05, 0.1) is 6.54 Å². The Morgan fingerprint density at radius 2 is 2.22 bits per heavy atom. The van der Waals surface area contributed by atoms with E-state index in [9.17, 15) is 4.79 Å². The average Bonchev–Trinajstić information content (AvgIpc) is 2.35. The van der Waals surface area contributed by atoms with Crippen LogP contribution in [0.1, 0.15) is 11.3 Å². The molecule has 2 aromatic rings. The second-order valence-electron chi connectivity index (χ2n) is 3.70. The highest BCUT2D eigenvalue weighted by Crippen LogP contribution is 2.17. The van der Waals surface area contributed by atoms with Crippen molar-refractivity contribution in [3.63, 3.8) is 0 Å². The molecule has 0 spiro atoms. The van der Waals surface area contributed by atoms with E-state index in [0.717, 1.165) is 11.3 Å². The average molecular weight is 266 g/mol. The zero-order valence-corrected chi connectivity index (χ0v) is 10.8. The number of hydrogen-bond donors (Lipinski definition) is 1. The van der Waals surface area contributed by atoms with Crippen LogP contribution in [0.15, 0.2) is 23.4 Å². The molecule has 0 unspecified atom stereocenters. The number of nitrogens with one attached hydrogen (secondary N) is 1. The van der Waals surface area contributed by atoms with Crippen LogP contribution in [0.4, 0.5) is 5.95 Å². The van der Waals surface area contributed by atoms with Gasteiger partial charge in [0.25, 0.3) is 0 Å². The van der Waals surface area contributed by atoms with Gasteiger partial charge >= 0.3 is 5.69 Å². The van der Waals surface area contributed by atoms with Gasteiger partial charge in [-0.1, -0.05) is 11.6 Å². The van der Waals surface area contributed by atoms with E-state index in [0.29, 0.717) is 17.5 Å². The summed E-state index contributed by atoms with van der Waals surface area (Å²) in [5.41, 5.74) is 1.20. The lowest BCUT2D eigenvalue weighted by molar-refractivity contribution is 0.697. The van der Waals surface area contributed by atoms with Crippen molar-refractivity contribution in [3.8, 4) is 0 Å². The maximum atomic E-state index is 11.7. The number of halogens is 1. The summed E-state index contributed by atoms with van der Waals surface area (Å²) in [5.74, 6) is 0.297. The SMILES string of the molecule is CNc1ncn(Cc2c(Cl)ccnc2C)c(=O)n1. The predicted octanol–water partition coefficient (Wildman–Crippen LogP) is 1.09. The van der Waals surface area contributed by atoms with Gasteiger partial charge in [-0.25, -0.2) is 9.78 Å². The first-order valence-corrected chi connectivity index (χ1v) is 5.71. The van der Waals surface area contributed by atoms with E-state index >= 15 is 0 Å². The third kappa shape index (κ3) is 2.48. The minimum atomic E-state index is -0.381.